The van der Waals surface area contributed by atoms with Gasteiger partial charge in [0.1, 0.15) is 0 Å². The molecule has 4 heteroatoms. The fraction of sp³-hybridized carbons (Fsp3) is 0.167. The van der Waals surface area contributed by atoms with Gasteiger partial charge in [0.05, 0.1) is 16.8 Å². The summed E-state index contributed by atoms with van der Waals surface area (Å²) in [5, 5.41) is 0.698. The van der Waals surface area contributed by atoms with Crippen molar-refractivity contribution in [1.82, 2.24) is 4.57 Å². The van der Waals surface area contributed by atoms with Crippen LogP contribution in [0.4, 0.5) is 0 Å². The molecule has 2 aromatic rings. The van der Waals surface area contributed by atoms with Crippen LogP contribution in [0.25, 0.3) is 5.69 Å². The van der Waals surface area contributed by atoms with Gasteiger partial charge in [0, 0.05) is 18.4 Å². The Morgan fingerprint density at radius 3 is 2.62 bits per heavy atom. The van der Waals surface area contributed by atoms with E-state index in [0.717, 1.165) is 11.4 Å². The van der Waals surface area contributed by atoms with Crippen molar-refractivity contribution >= 4 is 11.6 Å². The molecule has 4 N–H and O–H groups in total. The molecular formula is C12H14ClN3. The maximum atomic E-state index is 6.14. The molecule has 0 saturated heterocycles. The third-order valence-electron chi connectivity index (χ3n) is 2.53. The van der Waals surface area contributed by atoms with Crippen LogP contribution in [-0.2, 0) is 0 Å². The van der Waals surface area contributed by atoms with Gasteiger partial charge in [-0.1, -0.05) is 23.7 Å². The number of rotatable bonds is 3. The summed E-state index contributed by atoms with van der Waals surface area (Å²) in [6.45, 7) is 0.411. The van der Waals surface area contributed by atoms with Crippen LogP contribution >= 0.6 is 11.6 Å². The Labute approximate surface area is 99.6 Å². The van der Waals surface area contributed by atoms with Crippen LogP contribution in [0.5, 0.6) is 0 Å². The Morgan fingerprint density at radius 1 is 1.19 bits per heavy atom. The van der Waals surface area contributed by atoms with Crippen LogP contribution in [0, 0.1) is 0 Å². The molecule has 0 saturated carbocycles. The number of benzene rings is 1. The van der Waals surface area contributed by atoms with E-state index in [1.54, 1.807) is 0 Å². The molecule has 0 fully saturated rings. The smallest absolute Gasteiger partial charge is 0.0646 e. The molecule has 16 heavy (non-hydrogen) atoms. The molecule has 0 aliphatic rings. The van der Waals surface area contributed by atoms with Gasteiger partial charge in [-0.3, -0.25) is 0 Å². The lowest BCUT2D eigenvalue weighted by atomic mass is 10.2. The van der Waals surface area contributed by atoms with Gasteiger partial charge in [0.25, 0.3) is 0 Å². The van der Waals surface area contributed by atoms with Gasteiger partial charge >= 0.3 is 0 Å². The van der Waals surface area contributed by atoms with Crippen LogP contribution in [0.15, 0.2) is 42.6 Å². The maximum absolute atomic E-state index is 6.14. The standard InChI is InChI=1S/C12H14ClN3/c13-9-4-1-2-5-11(9)16-7-3-6-12(16)10(15)8-14/h1-7,10H,8,14-15H2. The number of nitrogens with zero attached hydrogens (tertiary/aromatic N) is 1. The van der Waals surface area contributed by atoms with Crippen LogP contribution in [0.3, 0.4) is 0 Å². The Balaban J connectivity index is 2.49. The van der Waals surface area contributed by atoms with Gasteiger partial charge in [-0.2, -0.15) is 0 Å². The average molecular weight is 236 g/mol. The van der Waals surface area contributed by atoms with Gasteiger partial charge in [-0.05, 0) is 24.3 Å². The maximum Gasteiger partial charge on any atom is 0.0646 e. The Morgan fingerprint density at radius 2 is 1.94 bits per heavy atom. The summed E-state index contributed by atoms with van der Waals surface area (Å²) in [4.78, 5) is 0. The van der Waals surface area contributed by atoms with E-state index in [1.165, 1.54) is 0 Å². The minimum Gasteiger partial charge on any atom is -0.329 e. The molecule has 0 bridgehead atoms. The first-order valence-electron chi connectivity index (χ1n) is 5.12. The summed E-state index contributed by atoms with van der Waals surface area (Å²) in [7, 11) is 0. The molecule has 0 amide bonds. The second-order valence-corrected chi connectivity index (χ2v) is 4.00. The lowest BCUT2D eigenvalue weighted by Crippen LogP contribution is -2.23. The van der Waals surface area contributed by atoms with E-state index in [-0.39, 0.29) is 6.04 Å². The molecule has 0 radical (unpaired) electrons. The molecule has 1 aromatic heterocycles. The molecule has 3 nitrogen and oxygen atoms in total. The summed E-state index contributed by atoms with van der Waals surface area (Å²) >= 11 is 6.14. The van der Waals surface area contributed by atoms with E-state index in [0.29, 0.717) is 11.6 Å². The third-order valence-corrected chi connectivity index (χ3v) is 2.85. The van der Waals surface area contributed by atoms with Crippen molar-refractivity contribution in [2.45, 2.75) is 6.04 Å². The molecule has 1 aromatic carbocycles. The quantitative estimate of drug-likeness (QED) is 0.856. The minimum absolute atomic E-state index is 0.175. The highest BCUT2D eigenvalue weighted by Gasteiger charge is 2.11. The summed E-state index contributed by atoms with van der Waals surface area (Å²) < 4.78 is 1.97. The largest absolute Gasteiger partial charge is 0.329 e. The molecule has 1 unspecified atom stereocenters. The zero-order chi connectivity index (χ0) is 11.5. The van der Waals surface area contributed by atoms with Gasteiger partial charge in [0.15, 0.2) is 0 Å². The normalized spacial score (nSPS) is 12.7. The van der Waals surface area contributed by atoms with Crippen molar-refractivity contribution in [3.8, 4) is 5.69 Å². The predicted octanol–water partition coefficient (Wildman–Crippen LogP) is 2.09. The first-order chi connectivity index (χ1) is 7.74. The number of hydrogen-bond donors (Lipinski definition) is 2. The number of halogens is 1. The highest BCUT2D eigenvalue weighted by atomic mass is 35.5. The Hall–Kier alpha value is -1.29. The van der Waals surface area contributed by atoms with Crippen LogP contribution in [-0.4, -0.2) is 11.1 Å². The van der Waals surface area contributed by atoms with Crippen molar-refractivity contribution in [3.05, 3.63) is 53.3 Å². The second-order valence-electron chi connectivity index (χ2n) is 3.60. The van der Waals surface area contributed by atoms with Crippen LogP contribution in [0.2, 0.25) is 5.02 Å². The van der Waals surface area contributed by atoms with Crippen LogP contribution < -0.4 is 11.5 Å². The fourth-order valence-electron chi connectivity index (χ4n) is 1.68. The topological polar surface area (TPSA) is 57.0 Å². The monoisotopic (exact) mass is 235 g/mol. The van der Waals surface area contributed by atoms with Crippen molar-refractivity contribution in [3.63, 3.8) is 0 Å². The molecule has 1 atom stereocenters. The van der Waals surface area contributed by atoms with Gasteiger partial charge in [-0.25, -0.2) is 0 Å². The lowest BCUT2D eigenvalue weighted by molar-refractivity contribution is 0.692. The number of para-hydroxylation sites is 1. The molecular weight excluding hydrogens is 222 g/mol. The Kier molecular flexibility index (Phi) is 3.29. The highest BCUT2D eigenvalue weighted by molar-refractivity contribution is 6.32. The van der Waals surface area contributed by atoms with Gasteiger partial charge in [-0.15, -0.1) is 0 Å². The zero-order valence-corrected chi connectivity index (χ0v) is 9.56. The molecule has 0 spiro atoms. The van der Waals surface area contributed by atoms with E-state index in [2.05, 4.69) is 0 Å². The summed E-state index contributed by atoms with van der Waals surface area (Å²) in [5.41, 5.74) is 13.4. The summed E-state index contributed by atoms with van der Waals surface area (Å²) in [6.07, 6.45) is 1.94. The molecule has 2 rings (SSSR count). The van der Waals surface area contributed by atoms with E-state index >= 15 is 0 Å². The minimum atomic E-state index is -0.175. The van der Waals surface area contributed by atoms with E-state index < -0.39 is 0 Å². The molecule has 0 aliphatic heterocycles. The highest BCUT2D eigenvalue weighted by Crippen LogP contribution is 2.23. The predicted molar refractivity (Wildman–Crippen MR) is 66.8 cm³/mol. The summed E-state index contributed by atoms with van der Waals surface area (Å²) in [5.74, 6) is 0. The van der Waals surface area contributed by atoms with Crippen molar-refractivity contribution in [2.75, 3.05) is 6.54 Å². The SMILES string of the molecule is NCC(N)c1cccn1-c1ccccc1Cl. The number of hydrogen-bond acceptors (Lipinski definition) is 2. The first-order valence-corrected chi connectivity index (χ1v) is 5.49. The fourth-order valence-corrected chi connectivity index (χ4v) is 1.91. The number of aromatic nitrogens is 1. The van der Waals surface area contributed by atoms with E-state index in [4.69, 9.17) is 23.1 Å². The molecule has 1 heterocycles. The van der Waals surface area contributed by atoms with Gasteiger partial charge in [0.2, 0.25) is 0 Å². The van der Waals surface area contributed by atoms with E-state index in [1.807, 2.05) is 47.2 Å². The number of nitrogens with two attached hydrogens (primary N) is 2. The van der Waals surface area contributed by atoms with Gasteiger partial charge < -0.3 is 16.0 Å². The lowest BCUT2D eigenvalue weighted by Gasteiger charge is -2.14. The Bertz CT molecular complexity index is 479. The molecule has 0 aliphatic carbocycles. The van der Waals surface area contributed by atoms with Crippen molar-refractivity contribution < 1.29 is 0 Å². The zero-order valence-electron chi connectivity index (χ0n) is 8.81. The average Bonchev–Trinajstić information content (AvgIpc) is 2.77. The summed E-state index contributed by atoms with van der Waals surface area (Å²) in [6, 6.07) is 11.4. The second kappa shape index (κ2) is 4.70. The van der Waals surface area contributed by atoms with Crippen molar-refractivity contribution in [1.29, 1.82) is 0 Å². The van der Waals surface area contributed by atoms with E-state index in [9.17, 15) is 0 Å². The van der Waals surface area contributed by atoms with Crippen LogP contribution in [0.1, 0.15) is 11.7 Å². The first kappa shape index (κ1) is 11.2. The molecule has 84 valence electrons. The third kappa shape index (κ3) is 1.97. The van der Waals surface area contributed by atoms with Crippen molar-refractivity contribution in [2.24, 2.45) is 11.5 Å².